The highest BCUT2D eigenvalue weighted by Gasteiger charge is 2.25. The van der Waals surface area contributed by atoms with Crippen molar-refractivity contribution < 1.29 is 4.21 Å². The lowest BCUT2D eigenvalue weighted by Crippen LogP contribution is -2.36. The fourth-order valence-electron chi connectivity index (χ4n) is 3.35. The molecule has 4 nitrogen and oxygen atoms in total. The van der Waals surface area contributed by atoms with E-state index in [1.807, 2.05) is 37.3 Å². The molecule has 1 saturated heterocycles. The number of rotatable bonds is 6. The van der Waals surface area contributed by atoms with E-state index in [9.17, 15) is 4.21 Å². The van der Waals surface area contributed by atoms with Crippen LogP contribution >= 0.6 is 0 Å². The molecule has 2 atom stereocenters. The van der Waals surface area contributed by atoms with Gasteiger partial charge < -0.3 is 0 Å². The minimum atomic E-state index is -0.905. The molecule has 2 aromatic rings. The second-order valence-corrected chi connectivity index (χ2v) is 7.87. The van der Waals surface area contributed by atoms with E-state index in [1.54, 1.807) is 0 Å². The van der Waals surface area contributed by atoms with Crippen molar-refractivity contribution in [2.75, 3.05) is 18.8 Å². The average molecular weight is 331 g/mol. The number of aromatic nitrogens is 2. The van der Waals surface area contributed by atoms with Crippen LogP contribution in [-0.2, 0) is 17.3 Å². The van der Waals surface area contributed by atoms with Crippen LogP contribution in [0.2, 0.25) is 0 Å². The molecule has 2 heterocycles. The number of hydrogen-bond donors (Lipinski definition) is 0. The number of hydrogen-bond acceptors (Lipinski definition) is 3. The third kappa shape index (κ3) is 4.09. The zero-order valence-corrected chi connectivity index (χ0v) is 14.8. The third-order valence-corrected chi connectivity index (χ3v) is 5.91. The minimum Gasteiger partial charge on any atom is -0.298 e. The molecule has 0 bridgehead atoms. The molecule has 0 radical (unpaired) electrons. The van der Waals surface area contributed by atoms with E-state index in [-0.39, 0.29) is 0 Å². The van der Waals surface area contributed by atoms with Crippen LogP contribution in [0.1, 0.15) is 24.2 Å². The monoisotopic (exact) mass is 331 g/mol. The quantitative estimate of drug-likeness (QED) is 0.817. The molecular weight excluding hydrogens is 306 g/mol. The van der Waals surface area contributed by atoms with E-state index >= 15 is 0 Å². The number of likely N-dealkylation sites (tertiary alicyclic amines) is 1. The van der Waals surface area contributed by atoms with Gasteiger partial charge in [-0.2, -0.15) is 5.10 Å². The van der Waals surface area contributed by atoms with Crippen LogP contribution in [0.3, 0.4) is 0 Å². The summed E-state index contributed by atoms with van der Waals surface area (Å²) in [7, 11) is -0.905. The topological polar surface area (TPSA) is 38.1 Å². The van der Waals surface area contributed by atoms with Gasteiger partial charge in [-0.3, -0.25) is 13.8 Å². The van der Waals surface area contributed by atoms with Crippen molar-refractivity contribution in [1.82, 2.24) is 14.7 Å². The van der Waals surface area contributed by atoms with Crippen molar-refractivity contribution in [2.45, 2.75) is 44.2 Å². The van der Waals surface area contributed by atoms with Gasteiger partial charge in [0, 0.05) is 28.9 Å². The fraction of sp³-hybridized carbons (Fsp3) is 0.500. The highest BCUT2D eigenvalue weighted by molar-refractivity contribution is 7.85. The normalized spacial score (nSPS) is 20.0. The third-order valence-electron chi connectivity index (χ3n) is 4.56. The molecule has 0 aliphatic carbocycles. The molecule has 1 aromatic carbocycles. The predicted molar refractivity (Wildman–Crippen MR) is 94.0 cm³/mol. The van der Waals surface area contributed by atoms with Gasteiger partial charge in [0.25, 0.3) is 0 Å². The predicted octanol–water partition coefficient (Wildman–Crippen LogP) is 2.77. The summed E-state index contributed by atoms with van der Waals surface area (Å²) in [6, 6.07) is 12.4. The van der Waals surface area contributed by atoms with E-state index in [0.717, 1.165) is 30.2 Å². The smallest absolute Gasteiger partial charge is 0.0596 e. The first kappa shape index (κ1) is 16.4. The van der Waals surface area contributed by atoms with E-state index < -0.39 is 10.8 Å². The molecule has 23 heavy (non-hydrogen) atoms. The Morgan fingerprint density at radius 2 is 2.04 bits per heavy atom. The molecule has 1 aromatic heterocycles. The molecule has 0 spiro atoms. The van der Waals surface area contributed by atoms with Crippen LogP contribution in [0.5, 0.6) is 0 Å². The largest absolute Gasteiger partial charge is 0.298 e. The fourth-order valence-corrected chi connectivity index (χ4v) is 4.44. The summed E-state index contributed by atoms with van der Waals surface area (Å²) in [4.78, 5) is 3.42. The summed E-state index contributed by atoms with van der Waals surface area (Å²) in [6.07, 6.45) is 2.43. The summed E-state index contributed by atoms with van der Waals surface area (Å²) in [5, 5.41) is 4.58. The summed E-state index contributed by atoms with van der Waals surface area (Å²) in [6.45, 7) is 7.10. The van der Waals surface area contributed by atoms with Gasteiger partial charge in [-0.15, -0.1) is 0 Å². The van der Waals surface area contributed by atoms with Gasteiger partial charge in [-0.1, -0.05) is 18.2 Å². The highest BCUT2D eigenvalue weighted by Crippen LogP contribution is 2.20. The molecule has 1 aliphatic heterocycles. The van der Waals surface area contributed by atoms with E-state index in [0.29, 0.717) is 11.8 Å². The molecule has 3 rings (SSSR count). The van der Waals surface area contributed by atoms with E-state index in [1.165, 1.54) is 18.5 Å². The standard InChI is InChI=1S/C18H25N3OS/c1-15-13-16(2)21(19-15)14-17-7-6-10-20(17)11-12-23(22)18-8-4-3-5-9-18/h3-5,8-9,13,17H,6-7,10-12,14H2,1-2H3. The van der Waals surface area contributed by atoms with Gasteiger partial charge in [0.2, 0.25) is 0 Å². The average Bonchev–Trinajstić information content (AvgIpc) is 3.12. The van der Waals surface area contributed by atoms with Gasteiger partial charge in [0.15, 0.2) is 0 Å². The lowest BCUT2D eigenvalue weighted by atomic mass is 10.2. The Morgan fingerprint density at radius 3 is 2.74 bits per heavy atom. The second kappa shape index (κ2) is 7.41. The van der Waals surface area contributed by atoms with E-state index in [4.69, 9.17) is 0 Å². The van der Waals surface area contributed by atoms with Crippen molar-refractivity contribution in [2.24, 2.45) is 0 Å². The summed E-state index contributed by atoms with van der Waals surface area (Å²) < 4.78 is 14.5. The molecule has 2 unspecified atom stereocenters. The molecule has 5 heteroatoms. The maximum absolute atomic E-state index is 12.4. The Hall–Kier alpha value is -1.46. The first-order valence-corrected chi connectivity index (χ1v) is 9.64. The van der Waals surface area contributed by atoms with Crippen molar-refractivity contribution in [3.63, 3.8) is 0 Å². The maximum atomic E-state index is 12.4. The summed E-state index contributed by atoms with van der Waals surface area (Å²) in [5.74, 6) is 0.706. The van der Waals surface area contributed by atoms with Gasteiger partial charge in [-0.05, 0) is 51.4 Å². The Kier molecular flexibility index (Phi) is 5.28. The Bertz CT molecular complexity index is 668. The van der Waals surface area contributed by atoms with Gasteiger partial charge >= 0.3 is 0 Å². The Morgan fingerprint density at radius 1 is 1.26 bits per heavy atom. The molecule has 0 saturated carbocycles. The van der Waals surface area contributed by atoms with Crippen molar-refractivity contribution in [3.8, 4) is 0 Å². The number of benzene rings is 1. The second-order valence-electron chi connectivity index (χ2n) is 6.30. The molecule has 0 amide bonds. The van der Waals surface area contributed by atoms with Crippen LogP contribution in [-0.4, -0.2) is 43.8 Å². The van der Waals surface area contributed by atoms with Crippen molar-refractivity contribution >= 4 is 10.8 Å². The summed E-state index contributed by atoms with van der Waals surface area (Å²) >= 11 is 0. The van der Waals surface area contributed by atoms with E-state index in [2.05, 4.69) is 27.7 Å². The van der Waals surface area contributed by atoms with Crippen molar-refractivity contribution in [3.05, 3.63) is 47.8 Å². The minimum absolute atomic E-state index is 0.515. The first-order chi connectivity index (χ1) is 11.1. The maximum Gasteiger partial charge on any atom is 0.0596 e. The molecule has 1 aliphatic rings. The van der Waals surface area contributed by atoms with Crippen LogP contribution in [0, 0.1) is 13.8 Å². The van der Waals surface area contributed by atoms with Crippen LogP contribution < -0.4 is 0 Å². The van der Waals surface area contributed by atoms with Gasteiger partial charge in [0.1, 0.15) is 0 Å². The Balaban J connectivity index is 1.57. The van der Waals surface area contributed by atoms with Crippen LogP contribution in [0.15, 0.2) is 41.3 Å². The van der Waals surface area contributed by atoms with Gasteiger partial charge in [-0.25, -0.2) is 0 Å². The zero-order chi connectivity index (χ0) is 16.2. The Labute approximate surface area is 141 Å². The first-order valence-electron chi connectivity index (χ1n) is 8.32. The van der Waals surface area contributed by atoms with Gasteiger partial charge in [0.05, 0.1) is 23.0 Å². The summed E-state index contributed by atoms with van der Waals surface area (Å²) in [5.41, 5.74) is 2.31. The highest BCUT2D eigenvalue weighted by atomic mass is 32.2. The number of nitrogens with zero attached hydrogens (tertiary/aromatic N) is 3. The zero-order valence-electron chi connectivity index (χ0n) is 13.9. The number of aryl methyl sites for hydroxylation is 2. The molecular formula is C18H25N3OS. The van der Waals surface area contributed by atoms with Crippen LogP contribution in [0.4, 0.5) is 0 Å². The molecule has 124 valence electrons. The SMILES string of the molecule is Cc1cc(C)n(CC2CCCN2CCS(=O)c2ccccc2)n1. The molecule has 0 N–H and O–H groups in total. The van der Waals surface area contributed by atoms with Crippen LogP contribution in [0.25, 0.3) is 0 Å². The van der Waals surface area contributed by atoms with Crippen molar-refractivity contribution in [1.29, 1.82) is 0 Å². The lowest BCUT2D eigenvalue weighted by molar-refractivity contribution is 0.238. The lowest BCUT2D eigenvalue weighted by Gasteiger charge is -2.24. The molecule has 1 fully saturated rings.